The van der Waals surface area contributed by atoms with E-state index in [-0.39, 0.29) is 18.1 Å². The molecule has 0 saturated carbocycles. The van der Waals surface area contributed by atoms with E-state index in [0.29, 0.717) is 36.7 Å². The third-order valence-electron chi connectivity index (χ3n) is 4.47. The molecule has 0 heterocycles. The highest BCUT2D eigenvalue weighted by atomic mass is 79.9. The van der Waals surface area contributed by atoms with Crippen LogP contribution in [0.2, 0.25) is 5.02 Å². The molecular formula is C25H18Br2ClN3O3. The van der Waals surface area contributed by atoms with E-state index in [1.807, 2.05) is 31.2 Å². The molecule has 3 aromatic carbocycles. The molecule has 0 unspecified atom stereocenters. The van der Waals surface area contributed by atoms with E-state index in [1.54, 1.807) is 42.5 Å². The molecule has 0 aliphatic rings. The Morgan fingerprint density at radius 1 is 1.09 bits per heavy atom. The predicted octanol–water partition coefficient (Wildman–Crippen LogP) is 6.74. The maximum Gasteiger partial charge on any atom is 0.266 e. The maximum atomic E-state index is 12.7. The minimum absolute atomic E-state index is 0.168. The van der Waals surface area contributed by atoms with E-state index < -0.39 is 5.91 Å². The Morgan fingerprint density at radius 3 is 2.56 bits per heavy atom. The highest BCUT2D eigenvalue weighted by Crippen LogP contribution is 2.34. The number of hydrogen-bond acceptors (Lipinski definition) is 4. The van der Waals surface area contributed by atoms with Crippen molar-refractivity contribution in [2.75, 3.05) is 17.2 Å². The fraction of sp³-hybridized carbons (Fsp3) is 0.0800. The smallest absolute Gasteiger partial charge is 0.266 e. The molecule has 172 valence electrons. The van der Waals surface area contributed by atoms with Crippen molar-refractivity contribution < 1.29 is 14.3 Å². The third-order valence-corrected chi connectivity index (χ3v) is 5.85. The lowest BCUT2D eigenvalue weighted by molar-refractivity contribution is -0.118. The van der Waals surface area contributed by atoms with Crippen molar-refractivity contribution in [1.82, 2.24) is 0 Å². The van der Waals surface area contributed by atoms with Gasteiger partial charge in [-0.3, -0.25) is 9.59 Å². The zero-order valence-corrected chi connectivity index (χ0v) is 21.8. The number of rotatable bonds is 7. The van der Waals surface area contributed by atoms with Gasteiger partial charge in [0.15, 0.2) is 6.61 Å². The first-order chi connectivity index (χ1) is 16.3. The first-order valence-corrected chi connectivity index (χ1v) is 11.9. The van der Waals surface area contributed by atoms with Gasteiger partial charge in [0.25, 0.3) is 11.8 Å². The first kappa shape index (κ1) is 25.5. The van der Waals surface area contributed by atoms with Gasteiger partial charge in [0.05, 0.1) is 15.2 Å². The number of nitriles is 1. The Labute approximate surface area is 218 Å². The summed E-state index contributed by atoms with van der Waals surface area (Å²) in [5.41, 5.74) is 2.32. The largest absolute Gasteiger partial charge is 0.482 e. The van der Waals surface area contributed by atoms with E-state index in [4.69, 9.17) is 16.3 Å². The first-order valence-electron chi connectivity index (χ1n) is 9.93. The van der Waals surface area contributed by atoms with Crippen LogP contribution in [0.25, 0.3) is 6.08 Å². The summed E-state index contributed by atoms with van der Waals surface area (Å²) in [7, 11) is 0. The van der Waals surface area contributed by atoms with Crippen LogP contribution in [-0.4, -0.2) is 18.4 Å². The highest BCUT2D eigenvalue weighted by Gasteiger charge is 2.16. The molecule has 0 atom stereocenters. The molecular weight excluding hydrogens is 586 g/mol. The van der Waals surface area contributed by atoms with Crippen molar-refractivity contribution in [3.8, 4) is 11.8 Å². The summed E-state index contributed by atoms with van der Waals surface area (Å²) in [5.74, 6) is -0.678. The van der Waals surface area contributed by atoms with Crippen LogP contribution in [0.1, 0.15) is 11.1 Å². The summed E-state index contributed by atoms with van der Waals surface area (Å²) >= 11 is 12.9. The topological polar surface area (TPSA) is 91.2 Å². The Morgan fingerprint density at radius 2 is 1.85 bits per heavy atom. The molecule has 0 saturated heterocycles. The number of hydrogen-bond donors (Lipinski definition) is 2. The summed E-state index contributed by atoms with van der Waals surface area (Å²) in [6, 6.07) is 19.4. The van der Waals surface area contributed by atoms with Crippen LogP contribution in [-0.2, 0) is 9.59 Å². The fourth-order valence-corrected chi connectivity index (χ4v) is 4.51. The Bertz CT molecular complexity index is 1320. The quantitative estimate of drug-likeness (QED) is 0.231. The minimum Gasteiger partial charge on any atom is -0.482 e. The molecule has 0 spiro atoms. The molecule has 2 amide bonds. The predicted molar refractivity (Wildman–Crippen MR) is 141 cm³/mol. The number of aryl methyl sites for hydroxylation is 1. The van der Waals surface area contributed by atoms with Gasteiger partial charge in [0, 0.05) is 15.7 Å². The second-order valence-corrected chi connectivity index (χ2v) is 9.29. The van der Waals surface area contributed by atoms with Crippen LogP contribution in [0.3, 0.4) is 0 Å². The number of ether oxygens (including phenoxy) is 1. The summed E-state index contributed by atoms with van der Waals surface area (Å²) < 4.78 is 6.99. The van der Waals surface area contributed by atoms with Gasteiger partial charge in [-0.2, -0.15) is 5.26 Å². The summed E-state index contributed by atoms with van der Waals surface area (Å²) in [5, 5.41) is 15.3. The van der Waals surface area contributed by atoms with Crippen molar-refractivity contribution in [2.24, 2.45) is 0 Å². The average Bonchev–Trinajstić information content (AvgIpc) is 2.78. The summed E-state index contributed by atoms with van der Waals surface area (Å²) in [6.45, 7) is 1.65. The molecule has 9 heteroatoms. The SMILES string of the molecule is Cc1cccc(NC(=O)COc2c(Br)cc(Br)cc2/C=C(\C#N)C(=O)Nc2ccccc2Cl)c1. The maximum absolute atomic E-state index is 12.7. The molecule has 0 radical (unpaired) electrons. The zero-order valence-electron chi connectivity index (χ0n) is 17.9. The molecule has 0 aliphatic heterocycles. The van der Waals surface area contributed by atoms with Gasteiger partial charge in [-0.05, 0) is 70.9 Å². The molecule has 34 heavy (non-hydrogen) atoms. The standard InChI is InChI=1S/C25H18Br2ClN3O3/c1-15-5-4-6-19(9-15)30-23(32)14-34-24-16(11-18(26)12-20(24)27)10-17(13-29)25(33)31-22-8-3-2-7-21(22)28/h2-12H,14H2,1H3,(H,30,32)(H,31,33)/b17-10+. The Kier molecular flexibility index (Phi) is 8.88. The van der Waals surface area contributed by atoms with E-state index in [2.05, 4.69) is 42.5 Å². The van der Waals surface area contributed by atoms with Crippen molar-refractivity contribution in [2.45, 2.75) is 6.92 Å². The van der Waals surface area contributed by atoms with Gasteiger partial charge in [-0.25, -0.2) is 0 Å². The van der Waals surface area contributed by atoms with Crippen molar-refractivity contribution in [3.05, 3.63) is 91.3 Å². The lowest BCUT2D eigenvalue weighted by Crippen LogP contribution is -2.20. The van der Waals surface area contributed by atoms with E-state index in [9.17, 15) is 14.9 Å². The van der Waals surface area contributed by atoms with Gasteiger partial charge in [-0.15, -0.1) is 0 Å². The lowest BCUT2D eigenvalue weighted by atomic mass is 10.1. The molecule has 0 bridgehead atoms. The highest BCUT2D eigenvalue weighted by molar-refractivity contribution is 9.11. The van der Waals surface area contributed by atoms with Crippen LogP contribution < -0.4 is 15.4 Å². The molecule has 0 aromatic heterocycles. The van der Waals surface area contributed by atoms with Crippen LogP contribution >= 0.6 is 43.5 Å². The van der Waals surface area contributed by atoms with E-state index in [0.717, 1.165) is 5.56 Å². The van der Waals surface area contributed by atoms with Gasteiger partial charge < -0.3 is 15.4 Å². The lowest BCUT2D eigenvalue weighted by Gasteiger charge is -2.13. The number of carbonyl (C=O) groups is 2. The van der Waals surface area contributed by atoms with Crippen molar-refractivity contribution in [3.63, 3.8) is 0 Å². The normalized spacial score (nSPS) is 10.9. The monoisotopic (exact) mass is 601 g/mol. The number of anilines is 2. The third kappa shape index (κ3) is 6.94. The Hall–Kier alpha value is -3.12. The van der Waals surface area contributed by atoms with Gasteiger partial charge in [0.1, 0.15) is 17.4 Å². The number of nitrogens with one attached hydrogen (secondary N) is 2. The summed E-state index contributed by atoms with van der Waals surface area (Å²) in [6.07, 6.45) is 1.38. The van der Waals surface area contributed by atoms with Crippen LogP contribution in [0.5, 0.6) is 5.75 Å². The Balaban J connectivity index is 1.81. The van der Waals surface area contributed by atoms with Gasteiger partial charge in [-0.1, -0.05) is 51.8 Å². The number of amides is 2. The van der Waals surface area contributed by atoms with Crippen LogP contribution in [0, 0.1) is 18.3 Å². The summed E-state index contributed by atoms with van der Waals surface area (Å²) in [4.78, 5) is 25.1. The second-order valence-electron chi connectivity index (χ2n) is 7.12. The zero-order chi connectivity index (χ0) is 24.7. The number of benzene rings is 3. The van der Waals surface area contributed by atoms with Crippen LogP contribution in [0.4, 0.5) is 11.4 Å². The average molecular weight is 604 g/mol. The molecule has 2 N–H and O–H groups in total. The molecule has 3 rings (SSSR count). The molecule has 3 aromatic rings. The van der Waals surface area contributed by atoms with E-state index >= 15 is 0 Å². The van der Waals surface area contributed by atoms with Crippen molar-refractivity contribution >= 4 is 72.7 Å². The van der Waals surface area contributed by atoms with Gasteiger partial charge >= 0.3 is 0 Å². The number of nitrogens with zero attached hydrogens (tertiary/aromatic N) is 1. The molecule has 6 nitrogen and oxygen atoms in total. The molecule has 0 aliphatic carbocycles. The number of para-hydroxylation sites is 1. The van der Waals surface area contributed by atoms with Gasteiger partial charge in [0.2, 0.25) is 0 Å². The van der Waals surface area contributed by atoms with Crippen LogP contribution in [0.15, 0.2) is 75.2 Å². The second kappa shape index (κ2) is 11.8. The van der Waals surface area contributed by atoms with Crippen molar-refractivity contribution in [1.29, 1.82) is 5.26 Å². The minimum atomic E-state index is -0.630. The van der Waals surface area contributed by atoms with E-state index in [1.165, 1.54) is 6.08 Å². The number of halogens is 3. The number of carbonyl (C=O) groups excluding carboxylic acids is 2. The fourth-order valence-electron chi connectivity index (χ4n) is 2.95. The molecule has 0 fully saturated rings.